The summed E-state index contributed by atoms with van der Waals surface area (Å²) < 4.78 is 0. The van der Waals surface area contributed by atoms with E-state index in [9.17, 15) is 14.4 Å². The molecule has 0 aromatic heterocycles. The highest BCUT2D eigenvalue weighted by atomic mass is 16.1. The van der Waals surface area contributed by atoms with Crippen LogP contribution in [0.1, 0.15) is 12.0 Å². The van der Waals surface area contributed by atoms with Crippen molar-refractivity contribution < 1.29 is 14.4 Å². The van der Waals surface area contributed by atoms with E-state index >= 15 is 0 Å². The topological polar surface area (TPSA) is 88.3 Å². The average Bonchev–Trinajstić information content (AvgIpc) is 2.51. The lowest BCUT2D eigenvalue weighted by molar-refractivity contribution is 0.527. The second kappa shape index (κ2) is 6.33. The van der Waals surface area contributed by atoms with Crippen LogP contribution in [-0.2, 0) is 19.9 Å². The second-order valence-corrected chi connectivity index (χ2v) is 4.25. The molecule has 0 aliphatic heterocycles. The van der Waals surface area contributed by atoms with Gasteiger partial charge in [-0.15, -0.1) is 0 Å². The number of hydrogen-bond donors (Lipinski definition) is 0. The van der Waals surface area contributed by atoms with Crippen LogP contribution in [0.2, 0.25) is 0 Å². The van der Waals surface area contributed by atoms with Crippen molar-refractivity contribution in [1.29, 1.82) is 0 Å². The minimum Gasteiger partial charge on any atom is -0.211 e. The van der Waals surface area contributed by atoms with Gasteiger partial charge in [-0.1, -0.05) is 18.2 Å². The van der Waals surface area contributed by atoms with Crippen LogP contribution in [0.5, 0.6) is 0 Å². The van der Waals surface area contributed by atoms with Crippen molar-refractivity contribution in [1.82, 2.24) is 0 Å². The van der Waals surface area contributed by atoms with Gasteiger partial charge in [-0.25, -0.2) is 14.4 Å². The smallest absolute Gasteiger partial charge is 0.211 e. The van der Waals surface area contributed by atoms with E-state index in [0.29, 0.717) is 17.8 Å². The molecule has 0 radical (unpaired) electrons. The fourth-order valence-corrected chi connectivity index (χ4v) is 2.08. The van der Waals surface area contributed by atoms with Gasteiger partial charge < -0.3 is 0 Å². The standard InChI is InChI=1S/C15H9N3O3/c19-9-16-13-3-1-12(2-4-13)15(18-11-21)7-5-14(6-8-15)17-10-20/h1-7H,8H2. The van der Waals surface area contributed by atoms with Crippen LogP contribution in [0.3, 0.4) is 0 Å². The lowest BCUT2D eigenvalue weighted by atomic mass is 9.84. The molecule has 1 unspecified atom stereocenters. The molecule has 0 saturated heterocycles. The van der Waals surface area contributed by atoms with Crippen molar-refractivity contribution in [2.24, 2.45) is 15.0 Å². The van der Waals surface area contributed by atoms with Crippen molar-refractivity contribution >= 4 is 23.9 Å². The Bertz CT molecular complexity index is 745. The van der Waals surface area contributed by atoms with Crippen molar-refractivity contribution in [2.75, 3.05) is 0 Å². The molecule has 0 N–H and O–H groups in total. The summed E-state index contributed by atoms with van der Waals surface area (Å²) in [5.41, 5.74) is 0.759. The molecule has 0 bridgehead atoms. The summed E-state index contributed by atoms with van der Waals surface area (Å²) >= 11 is 0. The first kappa shape index (κ1) is 14.3. The van der Waals surface area contributed by atoms with Crippen LogP contribution in [0.15, 0.2) is 63.2 Å². The molecular formula is C15H9N3O3. The number of benzene rings is 1. The lowest BCUT2D eigenvalue weighted by Crippen LogP contribution is -2.21. The minimum absolute atomic E-state index is 0.357. The van der Waals surface area contributed by atoms with E-state index in [2.05, 4.69) is 15.0 Å². The van der Waals surface area contributed by atoms with Crippen LogP contribution in [0.4, 0.5) is 5.69 Å². The normalized spacial score (nSPS) is 19.5. The van der Waals surface area contributed by atoms with Gasteiger partial charge >= 0.3 is 0 Å². The van der Waals surface area contributed by atoms with Gasteiger partial charge in [0.15, 0.2) is 0 Å². The second-order valence-electron chi connectivity index (χ2n) is 4.25. The van der Waals surface area contributed by atoms with E-state index in [-0.39, 0.29) is 0 Å². The van der Waals surface area contributed by atoms with E-state index < -0.39 is 5.54 Å². The molecule has 1 atom stereocenters. The van der Waals surface area contributed by atoms with E-state index in [1.807, 2.05) is 0 Å². The Morgan fingerprint density at radius 1 is 0.952 bits per heavy atom. The first-order valence-electron chi connectivity index (χ1n) is 5.99. The molecule has 0 saturated carbocycles. The largest absolute Gasteiger partial charge is 0.240 e. The van der Waals surface area contributed by atoms with Crippen molar-refractivity contribution in [2.45, 2.75) is 12.0 Å². The molecule has 6 heteroatoms. The molecule has 1 aliphatic carbocycles. The van der Waals surface area contributed by atoms with Gasteiger partial charge in [0.1, 0.15) is 5.54 Å². The molecule has 102 valence electrons. The fraction of sp³-hybridized carbons (Fsp3) is 0.133. The number of rotatable bonds is 4. The molecular weight excluding hydrogens is 270 g/mol. The summed E-state index contributed by atoms with van der Waals surface area (Å²) in [7, 11) is 0. The first-order chi connectivity index (χ1) is 10.2. The Labute approximate surface area is 120 Å². The van der Waals surface area contributed by atoms with Gasteiger partial charge in [-0.2, -0.15) is 15.0 Å². The molecule has 0 spiro atoms. The Morgan fingerprint density at radius 3 is 2.19 bits per heavy atom. The predicted octanol–water partition coefficient (Wildman–Crippen LogP) is 2.36. The number of allylic oxidation sites excluding steroid dienone is 1. The predicted molar refractivity (Wildman–Crippen MR) is 74.0 cm³/mol. The summed E-state index contributed by atoms with van der Waals surface area (Å²) in [6.45, 7) is 0. The third-order valence-corrected chi connectivity index (χ3v) is 3.11. The maximum atomic E-state index is 10.7. The summed E-state index contributed by atoms with van der Waals surface area (Å²) in [4.78, 5) is 42.0. The monoisotopic (exact) mass is 279 g/mol. The number of hydrogen-bond acceptors (Lipinski definition) is 6. The molecule has 6 nitrogen and oxygen atoms in total. The third-order valence-electron chi connectivity index (χ3n) is 3.11. The Balaban J connectivity index is 2.41. The van der Waals surface area contributed by atoms with Crippen molar-refractivity contribution in [3.8, 4) is 0 Å². The summed E-state index contributed by atoms with van der Waals surface area (Å²) in [5, 5.41) is 0. The van der Waals surface area contributed by atoms with Crippen LogP contribution in [0.25, 0.3) is 0 Å². The third kappa shape index (κ3) is 3.06. The van der Waals surface area contributed by atoms with E-state index in [1.165, 1.54) is 12.2 Å². The van der Waals surface area contributed by atoms with Gasteiger partial charge in [0, 0.05) is 6.42 Å². The van der Waals surface area contributed by atoms with Crippen LogP contribution >= 0.6 is 0 Å². The highest BCUT2D eigenvalue weighted by molar-refractivity contribution is 5.52. The average molecular weight is 279 g/mol. The SMILES string of the molecule is O=C=NC1=CCC(N=C=O)(c2ccc(N=C=O)cc2)C=C1. The van der Waals surface area contributed by atoms with Crippen molar-refractivity contribution in [3.05, 3.63) is 53.8 Å². The van der Waals surface area contributed by atoms with Crippen LogP contribution < -0.4 is 0 Å². The summed E-state index contributed by atoms with van der Waals surface area (Å²) in [5.74, 6) is 0. The zero-order valence-corrected chi connectivity index (χ0v) is 10.8. The Morgan fingerprint density at radius 2 is 1.67 bits per heavy atom. The molecule has 21 heavy (non-hydrogen) atoms. The first-order valence-corrected chi connectivity index (χ1v) is 5.99. The zero-order chi connectivity index (χ0) is 15.1. The van der Waals surface area contributed by atoms with Crippen molar-refractivity contribution in [3.63, 3.8) is 0 Å². The summed E-state index contributed by atoms with van der Waals surface area (Å²) in [6.07, 6.45) is 9.78. The number of isocyanates is 3. The molecule has 2 rings (SSSR count). The zero-order valence-electron chi connectivity index (χ0n) is 10.8. The number of aliphatic imine (C=N–C) groups is 3. The Hall–Kier alpha value is -3.16. The molecule has 0 heterocycles. The van der Waals surface area contributed by atoms with E-state index in [1.54, 1.807) is 48.6 Å². The van der Waals surface area contributed by atoms with Crippen LogP contribution in [0, 0.1) is 0 Å². The van der Waals surface area contributed by atoms with Gasteiger partial charge in [-0.05, 0) is 29.8 Å². The molecule has 1 aromatic rings. The molecule has 0 fully saturated rings. The number of nitrogens with zero attached hydrogens (tertiary/aromatic N) is 3. The molecule has 0 amide bonds. The highest BCUT2D eigenvalue weighted by Gasteiger charge is 2.30. The van der Waals surface area contributed by atoms with E-state index in [4.69, 9.17) is 0 Å². The van der Waals surface area contributed by atoms with Gasteiger partial charge in [0.2, 0.25) is 18.2 Å². The van der Waals surface area contributed by atoms with Gasteiger partial charge in [-0.3, -0.25) is 0 Å². The molecule has 1 aliphatic rings. The number of carbonyl (C=O) groups excluding carboxylic acids is 3. The Kier molecular flexibility index (Phi) is 4.30. The maximum Gasteiger partial charge on any atom is 0.240 e. The fourth-order valence-electron chi connectivity index (χ4n) is 2.08. The van der Waals surface area contributed by atoms with Crippen LogP contribution in [-0.4, -0.2) is 18.2 Å². The van der Waals surface area contributed by atoms with Gasteiger partial charge in [0.25, 0.3) is 0 Å². The van der Waals surface area contributed by atoms with Gasteiger partial charge in [0.05, 0.1) is 11.4 Å². The molecule has 1 aromatic carbocycles. The maximum absolute atomic E-state index is 10.7. The lowest BCUT2D eigenvalue weighted by Gasteiger charge is -2.26. The highest BCUT2D eigenvalue weighted by Crippen LogP contribution is 2.36. The van der Waals surface area contributed by atoms with E-state index in [0.717, 1.165) is 5.56 Å². The quantitative estimate of drug-likeness (QED) is 0.626. The minimum atomic E-state index is -0.896. The summed E-state index contributed by atoms with van der Waals surface area (Å²) in [6, 6.07) is 6.67.